The summed E-state index contributed by atoms with van der Waals surface area (Å²) in [7, 11) is 3.35. The summed E-state index contributed by atoms with van der Waals surface area (Å²) < 4.78 is 0. The van der Waals surface area contributed by atoms with Gasteiger partial charge in [0.25, 0.3) is 0 Å². The minimum absolute atomic E-state index is 0.914. The Labute approximate surface area is 58.3 Å². The summed E-state index contributed by atoms with van der Waals surface area (Å²) in [5.41, 5.74) is 0.914. The Bertz CT molecular complexity index is 228. The second-order valence-corrected chi connectivity index (χ2v) is 2.30. The second-order valence-electron chi connectivity index (χ2n) is 1.72. The topological polar surface area (TPSA) is 0 Å². The molecular weight excluding hydrogens is 124 g/mol. The van der Waals surface area contributed by atoms with Gasteiger partial charge in [0.15, 0.2) is 0 Å². The summed E-state index contributed by atoms with van der Waals surface area (Å²) in [6.07, 6.45) is 5.13. The maximum absolute atomic E-state index is 5.13. The number of terminal acetylenes is 1. The van der Waals surface area contributed by atoms with Crippen molar-refractivity contribution in [3.05, 3.63) is 29.8 Å². The largest absolute Gasteiger partial charge is 0.115 e. The molecule has 0 aliphatic carbocycles. The van der Waals surface area contributed by atoms with Crippen molar-refractivity contribution in [1.82, 2.24) is 0 Å². The zero-order valence-electron chi connectivity index (χ0n) is 4.89. The maximum Gasteiger partial charge on any atom is 0.0711 e. The molecular formula is C8H5Si. The van der Waals surface area contributed by atoms with Gasteiger partial charge in [0.2, 0.25) is 0 Å². The first kappa shape index (κ1) is 6.12. The van der Waals surface area contributed by atoms with E-state index in [0.29, 0.717) is 0 Å². The van der Waals surface area contributed by atoms with Crippen molar-refractivity contribution in [3.63, 3.8) is 0 Å². The van der Waals surface area contributed by atoms with Crippen LogP contribution < -0.4 is 5.19 Å². The van der Waals surface area contributed by atoms with E-state index >= 15 is 0 Å². The maximum atomic E-state index is 5.13. The summed E-state index contributed by atoms with van der Waals surface area (Å²) >= 11 is 0. The number of hydrogen-bond donors (Lipinski definition) is 0. The Morgan fingerprint density at radius 2 is 1.78 bits per heavy atom. The molecule has 0 amide bonds. The van der Waals surface area contributed by atoms with Crippen molar-refractivity contribution < 1.29 is 0 Å². The lowest BCUT2D eigenvalue weighted by Gasteiger charge is -1.89. The Hall–Kier alpha value is -1.00. The molecule has 0 bridgehead atoms. The van der Waals surface area contributed by atoms with Gasteiger partial charge in [-0.1, -0.05) is 23.2 Å². The summed E-state index contributed by atoms with van der Waals surface area (Å²) in [6, 6.07) is 7.63. The third kappa shape index (κ3) is 1.44. The van der Waals surface area contributed by atoms with Crippen molar-refractivity contribution in [2.45, 2.75) is 0 Å². The summed E-state index contributed by atoms with van der Waals surface area (Å²) in [5, 5.41) is 1.05. The third-order valence-electron chi connectivity index (χ3n) is 1.05. The highest BCUT2D eigenvalue weighted by Gasteiger charge is 1.82. The molecule has 0 spiro atoms. The Morgan fingerprint density at radius 1 is 1.22 bits per heavy atom. The minimum atomic E-state index is 0.914. The van der Waals surface area contributed by atoms with Gasteiger partial charge < -0.3 is 0 Å². The van der Waals surface area contributed by atoms with Gasteiger partial charge in [-0.3, -0.25) is 0 Å². The molecule has 0 fully saturated rings. The fourth-order valence-electron chi connectivity index (χ4n) is 0.566. The van der Waals surface area contributed by atoms with E-state index in [1.54, 1.807) is 0 Å². The van der Waals surface area contributed by atoms with Crippen LogP contribution in [0.1, 0.15) is 5.56 Å². The fourth-order valence-corrected chi connectivity index (χ4v) is 0.733. The standard InChI is InChI=1S/C8H5Si/c1-2-7-3-5-8(9)6-4-7/h1,3-6H. The third-order valence-corrected chi connectivity index (χ3v) is 1.38. The van der Waals surface area contributed by atoms with Crippen LogP contribution in [-0.4, -0.2) is 10.2 Å². The molecule has 0 N–H and O–H groups in total. The van der Waals surface area contributed by atoms with Crippen molar-refractivity contribution in [2.75, 3.05) is 0 Å². The highest BCUT2D eigenvalue weighted by Crippen LogP contribution is 1.91. The van der Waals surface area contributed by atoms with Crippen LogP contribution in [0.2, 0.25) is 0 Å². The van der Waals surface area contributed by atoms with Gasteiger partial charge in [-0.2, -0.15) is 0 Å². The van der Waals surface area contributed by atoms with Gasteiger partial charge in [0, 0.05) is 5.56 Å². The lowest BCUT2D eigenvalue weighted by molar-refractivity contribution is 1.69. The molecule has 0 heterocycles. The average molecular weight is 129 g/mol. The Kier molecular flexibility index (Phi) is 1.71. The van der Waals surface area contributed by atoms with Gasteiger partial charge in [-0.25, -0.2) is 0 Å². The molecule has 0 nitrogen and oxygen atoms in total. The molecule has 1 heteroatoms. The SMILES string of the molecule is C#Cc1ccc([Si])cc1. The van der Waals surface area contributed by atoms with Gasteiger partial charge in [0.05, 0.1) is 10.2 Å². The smallest absolute Gasteiger partial charge is 0.0711 e. The molecule has 41 valence electrons. The molecule has 1 aromatic carbocycles. The molecule has 0 saturated heterocycles. The van der Waals surface area contributed by atoms with Crippen molar-refractivity contribution in [1.29, 1.82) is 0 Å². The van der Waals surface area contributed by atoms with Crippen LogP contribution >= 0.6 is 0 Å². The van der Waals surface area contributed by atoms with E-state index in [4.69, 9.17) is 6.42 Å². The lowest BCUT2D eigenvalue weighted by atomic mass is 10.2. The zero-order chi connectivity index (χ0) is 6.69. The normalized spacial score (nSPS) is 8.44. The van der Waals surface area contributed by atoms with Crippen molar-refractivity contribution in [3.8, 4) is 12.3 Å². The van der Waals surface area contributed by atoms with Crippen LogP contribution in [0, 0.1) is 12.3 Å². The summed E-state index contributed by atoms with van der Waals surface area (Å²) in [6.45, 7) is 0. The number of hydrogen-bond acceptors (Lipinski definition) is 0. The second kappa shape index (κ2) is 2.52. The predicted molar refractivity (Wildman–Crippen MR) is 39.8 cm³/mol. The quantitative estimate of drug-likeness (QED) is 0.353. The van der Waals surface area contributed by atoms with Crippen LogP contribution in [0.5, 0.6) is 0 Å². The van der Waals surface area contributed by atoms with Gasteiger partial charge >= 0.3 is 0 Å². The molecule has 1 rings (SSSR count). The molecule has 3 radical (unpaired) electrons. The molecule has 0 atom stereocenters. The summed E-state index contributed by atoms with van der Waals surface area (Å²) in [4.78, 5) is 0. The van der Waals surface area contributed by atoms with E-state index < -0.39 is 0 Å². The first-order valence-corrected chi connectivity index (χ1v) is 3.11. The monoisotopic (exact) mass is 129 g/mol. The van der Waals surface area contributed by atoms with E-state index in [0.717, 1.165) is 10.8 Å². The van der Waals surface area contributed by atoms with E-state index in [1.165, 1.54) is 0 Å². The molecule has 0 aliphatic heterocycles. The lowest BCUT2D eigenvalue weighted by Crippen LogP contribution is -1.98. The summed E-state index contributed by atoms with van der Waals surface area (Å²) in [5.74, 6) is 2.53. The van der Waals surface area contributed by atoms with Crippen LogP contribution in [0.3, 0.4) is 0 Å². The molecule has 0 aromatic heterocycles. The average Bonchev–Trinajstić information content (AvgIpc) is 1.90. The van der Waals surface area contributed by atoms with Crippen molar-refractivity contribution >= 4 is 15.4 Å². The molecule has 0 saturated carbocycles. The van der Waals surface area contributed by atoms with Crippen LogP contribution in [0.4, 0.5) is 0 Å². The van der Waals surface area contributed by atoms with Gasteiger partial charge in [-0.05, 0) is 12.1 Å². The zero-order valence-corrected chi connectivity index (χ0v) is 5.89. The highest BCUT2D eigenvalue weighted by atomic mass is 28.1. The first-order valence-electron chi connectivity index (χ1n) is 2.61. The van der Waals surface area contributed by atoms with Crippen LogP contribution in [-0.2, 0) is 0 Å². The fraction of sp³-hybridized carbons (Fsp3) is 0. The number of benzene rings is 1. The van der Waals surface area contributed by atoms with E-state index in [2.05, 4.69) is 16.2 Å². The van der Waals surface area contributed by atoms with E-state index in [1.807, 2.05) is 24.3 Å². The molecule has 0 unspecified atom stereocenters. The van der Waals surface area contributed by atoms with Gasteiger partial charge in [-0.15, -0.1) is 6.42 Å². The van der Waals surface area contributed by atoms with Crippen LogP contribution in [0.15, 0.2) is 24.3 Å². The Morgan fingerprint density at radius 3 is 2.22 bits per heavy atom. The minimum Gasteiger partial charge on any atom is -0.115 e. The van der Waals surface area contributed by atoms with Gasteiger partial charge in [0.1, 0.15) is 0 Å². The molecule has 1 aromatic rings. The number of rotatable bonds is 0. The van der Waals surface area contributed by atoms with E-state index in [9.17, 15) is 0 Å². The highest BCUT2D eigenvalue weighted by molar-refractivity contribution is 6.32. The van der Waals surface area contributed by atoms with E-state index in [-0.39, 0.29) is 0 Å². The van der Waals surface area contributed by atoms with Crippen molar-refractivity contribution in [2.24, 2.45) is 0 Å². The Balaban J connectivity index is 3.06. The molecule has 0 aliphatic rings. The molecule has 9 heavy (non-hydrogen) atoms. The van der Waals surface area contributed by atoms with Crippen LogP contribution in [0.25, 0.3) is 0 Å². The first-order chi connectivity index (χ1) is 4.33. The predicted octanol–water partition coefficient (Wildman–Crippen LogP) is 0.462.